The van der Waals surface area contributed by atoms with E-state index in [1.807, 2.05) is 32.5 Å². The number of likely N-dealkylation sites (tertiary alicyclic amines) is 1. The van der Waals surface area contributed by atoms with E-state index in [0.29, 0.717) is 0 Å². The van der Waals surface area contributed by atoms with Crippen LogP contribution in [-0.2, 0) is 11.4 Å². The molecule has 0 aromatic carbocycles. The van der Waals surface area contributed by atoms with Crippen molar-refractivity contribution < 1.29 is 9.53 Å². The number of hydrogen-bond donors (Lipinski definition) is 0. The average molecular weight is 345 g/mol. The molecule has 1 saturated heterocycles. The SMILES string of the molecule is CN(C(=O)OC(C)(C)C)C1CCN(Cn2ncsc2=S)CC1. The molecule has 0 radical (unpaired) electrons. The van der Waals surface area contributed by atoms with Crippen LogP contribution in [0.2, 0.25) is 0 Å². The van der Waals surface area contributed by atoms with E-state index in [-0.39, 0.29) is 12.1 Å². The Morgan fingerprint density at radius 3 is 2.64 bits per heavy atom. The molecular weight excluding hydrogens is 320 g/mol. The highest BCUT2D eigenvalue weighted by molar-refractivity contribution is 7.73. The van der Waals surface area contributed by atoms with Gasteiger partial charge < -0.3 is 9.64 Å². The van der Waals surface area contributed by atoms with Crippen molar-refractivity contribution in [2.45, 2.75) is 51.9 Å². The fourth-order valence-electron chi connectivity index (χ4n) is 2.45. The Morgan fingerprint density at radius 1 is 1.50 bits per heavy atom. The number of carbonyl (C=O) groups excluding carboxylic acids is 1. The number of carbonyl (C=O) groups is 1. The number of aromatic nitrogens is 2. The summed E-state index contributed by atoms with van der Waals surface area (Å²) in [6.45, 7) is 8.25. The van der Waals surface area contributed by atoms with Crippen LogP contribution in [0.5, 0.6) is 0 Å². The van der Waals surface area contributed by atoms with E-state index in [1.165, 1.54) is 11.3 Å². The molecule has 0 spiro atoms. The van der Waals surface area contributed by atoms with Crippen LogP contribution in [0.25, 0.3) is 0 Å². The molecule has 124 valence electrons. The molecule has 2 heterocycles. The van der Waals surface area contributed by atoms with Crippen LogP contribution in [0.15, 0.2) is 5.51 Å². The number of nitrogens with zero attached hydrogens (tertiary/aromatic N) is 4. The summed E-state index contributed by atoms with van der Waals surface area (Å²) in [7, 11) is 1.82. The van der Waals surface area contributed by atoms with Crippen LogP contribution in [0.1, 0.15) is 33.6 Å². The molecule has 0 atom stereocenters. The second kappa shape index (κ2) is 7.06. The van der Waals surface area contributed by atoms with Gasteiger partial charge in [-0.15, -0.1) is 0 Å². The minimum atomic E-state index is -0.451. The zero-order valence-electron chi connectivity index (χ0n) is 13.6. The first-order valence-corrected chi connectivity index (χ1v) is 8.74. The lowest BCUT2D eigenvalue weighted by Gasteiger charge is -2.37. The summed E-state index contributed by atoms with van der Waals surface area (Å²) in [5.41, 5.74) is 1.32. The average Bonchev–Trinajstić information content (AvgIpc) is 2.82. The zero-order chi connectivity index (χ0) is 16.3. The van der Waals surface area contributed by atoms with Crippen molar-refractivity contribution >= 4 is 29.6 Å². The monoisotopic (exact) mass is 344 g/mol. The van der Waals surface area contributed by atoms with Crippen LogP contribution in [0, 0.1) is 3.95 Å². The van der Waals surface area contributed by atoms with E-state index >= 15 is 0 Å². The van der Waals surface area contributed by atoms with Crippen LogP contribution < -0.4 is 0 Å². The Morgan fingerprint density at radius 2 is 2.14 bits per heavy atom. The van der Waals surface area contributed by atoms with Gasteiger partial charge >= 0.3 is 6.09 Å². The second-order valence-electron chi connectivity index (χ2n) is 6.59. The Balaban J connectivity index is 1.82. The van der Waals surface area contributed by atoms with Crippen LogP contribution in [0.4, 0.5) is 4.79 Å². The molecule has 1 aliphatic rings. The second-order valence-corrected chi connectivity index (χ2v) is 8.06. The number of ether oxygens (including phenoxy) is 1. The van der Waals surface area contributed by atoms with Crippen molar-refractivity contribution in [1.82, 2.24) is 19.6 Å². The summed E-state index contributed by atoms with van der Waals surface area (Å²) in [6.07, 6.45) is 1.63. The van der Waals surface area contributed by atoms with Crippen molar-refractivity contribution in [2.24, 2.45) is 0 Å². The molecule has 1 amide bonds. The summed E-state index contributed by atoms with van der Waals surface area (Å²) in [5.74, 6) is 0. The van der Waals surface area contributed by atoms with Gasteiger partial charge in [0.2, 0.25) is 0 Å². The topological polar surface area (TPSA) is 50.6 Å². The first-order chi connectivity index (χ1) is 10.3. The number of amides is 1. The molecule has 0 aliphatic carbocycles. The Hall–Kier alpha value is -0.990. The fourth-order valence-corrected chi connectivity index (χ4v) is 3.16. The van der Waals surface area contributed by atoms with Crippen molar-refractivity contribution in [3.05, 3.63) is 9.46 Å². The molecule has 0 N–H and O–H groups in total. The molecular formula is C14H24N4O2S2. The quantitative estimate of drug-likeness (QED) is 0.789. The molecule has 6 nitrogen and oxygen atoms in total. The van der Waals surface area contributed by atoms with E-state index in [1.54, 1.807) is 10.4 Å². The molecule has 0 unspecified atom stereocenters. The molecule has 0 bridgehead atoms. The van der Waals surface area contributed by atoms with Gasteiger partial charge in [-0.3, -0.25) is 4.90 Å². The predicted molar refractivity (Wildman–Crippen MR) is 89.5 cm³/mol. The normalized spacial score (nSPS) is 17.5. The van der Waals surface area contributed by atoms with Gasteiger partial charge in [0.15, 0.2) is 3.95 Å². The third-order valence-electron chi connectivity index (χ3n) is 3.67. The van der Waals surface area contributed by atoms with Crippen molar-refractivity contribution in [3.8, 4) is 0 Å². The molecule has 1 fully saturated rings. The summed E-state index contributed by atoms with van der Waals surface area (Å²) in [6, 6.07) is 0.231. The highest BCUT2D eigenvalue weighted by Gasteiger charge is 2.28. The van der Waals surface area contributed by atoms with Crippen molar-refractivity contribution in [3.63, 3.8) is 0 Å². The zero-order valence-corrected chi connectivity index (χ0v) is 15.2. The Bertz CT molecular complexity index is 556. The predicted octanol–water partition coefficient (Wildman–Crippen LogP) is 2.96. The smallest absolute Gasteiger partial charge is 0.410 e. The van der Waals surface area contributed by atoms with Gasteiger partial charge in [-0.2, -0.15) is 5.10 Å². The van der Waals surface area contributed by atoms with E-state index in [0.717, 1.165) is 36.6 Å². The van der Waals surface area contributed by atoms with Gasteiger partial charge in [0.1, 0.15) is 11.1 Å². The summed E-state index contributed by atoms with van der Waals surface area (Å²) < 4.78 is 8.07. The first kappa shape index (κ1) is 17.4. The maximum atomic E-state index is 12.1. The van der Waals surface area contributed by atoms with E-state index in [4.69, 9.17) is 17.0 Å². The van der Waals surface area contributed by atoms with Crippen LogP contribution in [-0.4, -0.2) is 57.5 Å². The van der Waals surface area contributed by atoms with Gasteiger partial charge in [-0.05, 0) is 45.8 Å². The maximum absolute atomic E-state index is 12.1. The maximum Gasteiger partial charge on any atom is 0.410 e. The molecule has 1 aliphatic heterocycles. The fraction of sp³-hybridized carbons (Fsp3) is 0.786. The lowest BCUT2D eigenvalue weighted by Crippen LogP contribution is -2.47. The van der Waals surface area contributed by atoms with Crippen LogP contribution in [0.3, 0.4) is 0 Å². The minimum Gasteiger partial charge on any atom is -0.444 e. The van der Waals surface area contributed by atoms with Gasteiger partial charge in [0.05, 0.1) is 6.67 Å². The molecule has 2 rings (SSSR count). The summed E-state index contributed by atoms with van der Waals surface area (Å²) in [4.78, 5) is 16.2. The lowest BCUT2D eigenvalue weighted by molar-refractivity contribution is 0.0135. The number of piperidine rings is 1. The van der Waals surface area contributed by atoms with Crippen molar-refractivity contribution in [1.29, 1.82) is 0 Å². The standard InChI is InChI=1S/C14H24N4O2S2/c1-14(2,3)20-12(19)16(4)11-5-7-17(8-6-11)10-18-13(21)22-9-15-18/h9,11H,5-8,10H2,1-4H3. The first-order valence-electron chi connectivity index (χ1n) is 7.45. The van der Waals surface area contributed by atoms with Gasteiger partial charge in [-0.25, -0.2) is 9.48 Å². The lowest BCUT2D eigenvalue weighted by atomic mass is 10.0. The minimum absolute atomic E-state index is 0.231. The Labute approximate surface area is 140 Å². The molecule has 8 heteroatoms. The van der Waals surface area contributed by atoms with Gasteiger partial charge in [0.25, 0.3) is 0 Å². The highest BCUT2D eigenvalue weighted by Crippen LogP contribution is 2.19. The van der Waals surface area contributed by atoms with Gasteiger partial charge in [-0.1, -0.05) is 11.3 Å². The third-order valence-corrected chi connectivity index (χ3v) is 4.78. The summed E-state index contributed by atoms with van der Waals surface area (Å²) >= 11 is 6.70. The highest BCUT2D eigenvalue weighted by atomic mass is 32.1. The molecule has 1 aromatic heterocycles. The van der Waals surface area contributed by atoms with E-state index < -0.39 is 5.60 Å². The van der Waals surface area contributed by atoms with E-state index in [2.05, 4.69) is 10.00 Å². The van der Waals surface area contributed by atoms with E-state index in [9.17, 15) is 4.79 Å². The molecule has 1 aromatic rings. The van der Waals surface area contributed by atoms with Gasteiger partial charge in [0, 0.05) is 26.2 Å². The number of hydrogen-bond acceptors (Lipinski definition) is 6. The Kier molecular flexibility index (Phi) is 5.57. The molecule has 0 saturated carbocycles. The molecule has 22 heavy (non-hydrogen) atoms. The van der Waals surface area contributed by atoms with Crippen LogP contribution >= 0.6 is 23.6 Å². The number of rotatable bonds is 3. The van der Waals surface area contributed by atoms with Crippen molar-refractivity contribution in [2.75, 3.05) is 20.1 Å². The summed E-state index contributed by atoms with van der Waals surface area (Å²) in [5, 5.41) is 4.24. The largest absolute Gasteiger partial charge is 0.444 e. The third kappa shape index (κ3) is 4.76.